The molecule has 0 N–H and O–H groups in total. The SMILES string of the molecule is Cn1cc[c-][n+]1-n1ccc2ccc(-n3c4ccccc4c4ccc(-n5c6[c-]cccc6c6ccccc65)nc43)[c-]c21.[Zn+2].[Zn].[Zn].[c-]1cccc2cccc(-c3cccc(N4c5ccccc5Oc5ccc(-n6c7[c-]cccc7c7ccccc76)nc54)n3)c12.[c-]1ccccc1C[PH+](CN(c1ccccc1)c1[c-]c2c(-n3[c-]ccc3)coc2o1)c1ccccc1. The molecule has 1 atom stereocenters. The Balaban J connectivity index is 0.000000120. The van der Waals surface area contributed by atoms with Crippen LogP contribution in [-0.2, 0) is 71.6 Å². The molecule has 11 aromatic heterocycles. The monoisotopic (exact) mass is 1740 g/mol. The summed E-state index contributed by atoms with van der Waals surface area (Å²) in [6, 6.07) is 135. The van der Waals surface area contributed by atoms with Gasteiger partial charge in [-0.3, -0.25) is 9.80 Å². The fourth-order valence-corrected chi connectivity index (χ4v) is 19.1. The van der Waals surface area contributed by atoms with Crippen LogP contribution in [0.25, 0.3) is 133 Å². The average Bonchev–Trinajstić information content (AvgIpc) is 1.52. The third kappa shape index (κ3) is 14.1. The first-order chi connectivity index (χ1) is 58.9. The molecule has 1 aliphatic rings. The second-order valence-electron chi connectivity index (χ2n) is 29.1. The summed E-state index contributed by atoms with van der Waals surface area (Å²) in [5.74, 6) is 5.58. The van der Waals surface area contributed by atoms with E-state index in [9.17, 15) is 0 Å². The molecule has 19 heteroatoms. The van der Waals surface area contributed by atoms with Crippen LogP contribution in [0.15, 0.2) is 367 Å². The number of anilines is 5. The van der Waals surface area contributed by atoms with E-state index in [0.29, 0.717) is 23.2 Å². The number of hydrogen-bond donors (Lipinski definition) is 0. The summed E-state index contributed by atoms with van der Waals surface area (Å²) in [6.45, 7) is 0. The van der Waals surface area contributed by atoms with Crippen molar-refractivity contribution in [2.75, 3.05) is 16.1 Å². The van der Waals surface area contributed by atoms with E-state index in [1.54, 1.807) is 6.26 Å². The molecule has 0 amide bonds. The maximum Gasteiger partial charge on any atom is 2.00 e. The molecular weight excluding hydrogens is 1680 g/mol. The zero-order chi connectivity index (χ0) is 78.9. The minimum absolute atomic E-state index is 0. The number of hydrogen-bond acceptors (Lipinski definition) is 8. The molecule has 122 heavy (non-hydrogen) atoms. The Morgan fingerprint density at radius 2 is 1.11 bits per heavy atom. The smallest absolute Gasteiger partial charge is 0.499 e. The van der Waals surface area contributed by atoms with Crippen LogP contribution in [0.4, 0.5) is 28.9 Å². The van der Waals surface area contributed by atoms with Crippen LogP contribution in [0.3, 0.4) is 0 Å². The van der Waals surface area contributed by atoms with E-state index in [4.69, 9.17) is 28.5 Å². The van der Waals surface area contributed by atoms with E-state index in [-0.39, 0.29) is 58.4 Å². The first kappa shape index (κ1) is 78.2. The van der Waals surface area contributed by atoms with Crippen molar-refractivity contribution in [3.8, 4) is 45.8 Å². The summed E-state index contributed by atoms with van der Waals surface area (Å²) < 4.78 is 30.9. The Kier molecular flexibility index (Phi) is 21.5. The molecule has 0 fully saturated rings. The molecule has 1 unspecified atom stereocenters. The maximum atomic E-state index is 6.40. The number of ether oxygens (including phenoxy) is 1. The van der Waals surface area contributed by atoms with E-state index in [0.717, 1.165) is 151 Å². The van der Waals surface area contributed by atoms with E-state index < -0.39 is 7.92 Å². The second kappa shape index (κ2) is 33.5. The summed E-state index contributed by atoms with van der Waals surface area (Å²) in [4.78, 5) is 22.1. The molecule has 0 saturated heterocycles. The number of aromatic nitrogens is 10. The number of fused-ring (bicyclic) bond motifs is 14. The summed E-state index contributed by atoms with van der Waals surface area (Å²) in [5.41, 5.74) is 14.0. The molecule has 12 heterocycles. The van der Waals surface area contributed by atoms with Crippen molar-refractivity contribution in [1.29, 1.82) is 0 Å². The standard InChI is InChI=1S/C38H22N4O.C35H22N6.C30H22N2O2P.3Zn/c1-2-13-26-25(11-1)12-9-16-27(26)30-17-10-22-36(39-30)42-33-20-7-8-21-34(33)43-35-23-24-37(40-38(35)42)41-31-18-5-3-14-28(31)29-15-4-6-19-32(29)41;1-37-20-8-21-39(37)38-22-19-24-15-16-25(23-33(24)38)40-30-12-5-4-11-28(30)29-17-18-34(36-35(29)40)41-31-13-6-2-9-26(31)27-10-3-7-14-32(27)41;1-4-12-24(13-5-1)22-35(26-16-8-3-9-17-26)23-32(25-14-6-2-7-15-25)29-20-27-28(21-33-30(27)34-29)31-18-10-11-19-31;;;/h1-12,14-18,20-24H;2-13,15-20,22H,1H3;1-12,14-18,21H,22-23H2;;;/q2*-2;-3;;;+2/p+1. The predicted octanol–water partition coefficient (Wildman–Crippen LogP) is 23.2. The topological polar surface area (TPSA) is 114 Å². The molecule has 15 nitrogen and oxygen atoms in total. The zero-order valence-electron chi connectivity index (χ0n) is 66.2. The molecule has 24 rings (SSSR count). The van der Waals surface area contributed by atoms with Crippen molar-refractivity contribution in [1.82, 2.24) is 42.6 Å². The van der Waals surface area contributed by atoms with Crippen molar-refractivity contribution in [3.63, 3.8) is 0 Å². The van der Waals surface area contributed by atoms with Crippen molar-refractivity contribution >= 4 is 141 Å². The number of para-hydroxylation sites is 8. The van der Waals surface area contributed by atoms with Gasteiger partial charge in [-0.05, 0) is 107 Å². The fourth-order valence-electron chi connectivity index (χ4n) is 16.6. The van der Waals surface area contributed by atoms with Gasteiger partial charge in [0.25, 0.3) is 0 Å². The average molecular weight is 1750 g/mol. The predicted molar refractivity (Wildman–Crippen MR) is 475 cm³/mol. The summed E-state index contributed by atoms with van der Waals surface area (Å²) in [6.07, 6.45) is 15.8. The minimum Gasteiger partial charge on any atom is -0.499 e. The Bertz CT molecular complexity index is 7640. The maximum absolute atomic E-state index is 6.40. The van der Waals surface area contributed by atoms with Gasteiger partial charge in [-0.15, -0.1) is 91.9 Å². The third-order valence-electron chi connectivity index (χ3n) is 22.0. The summed E-state index contributed by atoms with van der Waals surface area (Å²) in [7, 11) is 0.929. The number of benzene rings is 12. The van der Waals surface area contributed by atoms with E-state index >= 15 is 0 Å². The minimum atomic E-state index is -1.07. The number of aryl methyl sites for hydroxylation is 1. The number of pyridine rings is 3. The van der Waals surface area contributed by atoms with Crippen LogP contribution in [0, 0.1) is 48.8 Å². The van der Waals surface area contributed by atoms with Gasteiger partial charge in [0.05, 0.1) is 43.1 Å². The van der Waals surface area contributed by atoms with Crippen LogP contribution >= 0.6 is 7.92 Å². The summed E-state index contributed by atoms with van der Waals surface area (Å²) in [5, 5.41) is 12.4. The van der Waals surface area contributed by atoms with Crippen LogP contribution < -0.4 is 24.6 Å². The largest absolute Gasteiger partial charge is 2.00 e. The molecule has 0 spiro atoms. The molecule has 12 aromatic carbocycles. The fraction of sp³-hybridized carbons (Fsp3) is 0.0291. The van der Waals surface area contributed by atoms with Gasteiger partial charge in [0.1, 0.15) is 41.5 Å². The molecular formula is C103H67N12O3PZn3-4. The Hall–Kier alpha value is -13.7. The van der Waals surface area contributed by atoms with E-state index in [2.05, 4.69) is 283 Å². The molecule has 1 aliphatic heterocycles. The number of nitrogens with zero attached hydrogens (tertiary/aromatic N) is 12. The van der Waals surface area contributed by atoms with Gasteiger partial charge in [-0.25, -0.2) is 19.6 Å². The van der Waals surface area contributed by atoms with Crippen LogP contribution in [0.5, 0.6) is 11.5 Å². The van der Waals surface area contributed by atoms with Crippen LogP contribution in [0.1, 0.15) is 5.56 Å². The normalized spacial score (nSPS) is 11.9. The molecule has 0 radical (unpaired) electrons. The third-order valence-corrected chi connectivity index (χ3v) is 24.7. The van der Waals surface area contributed by atoms with Crippen molar-refractivity contribution in [3.05, 3.63) is 413 Å². The Labute approximate surface area is 741 Å². The van der Waals surface area contributed by atoms with Gasteiger partial charge in [0.2, 0.25) is 0 Å². The quantitative estimate of drug-likeness (QED) is 0.0458. The van der Waals surface area contributed by atoms with E-state index in [1.165, 1.54) is 21.6 Å². The van der Waals surface area contributed by atoms with Crippen molar-refractivity contribution in [2.45, 2.75) is 6.16 Å². The van der Waals surface area contributed by atoms with Gasteiger partial charge >= 0.3 is 19.5 Å². The Morgan fingerprint density at radius 3 is 1.84 bits per heavy atom. The van der Waals surface area contributed by atoms with E-state index in [1.807, 2.05) is 167 Å². The van der Waals surface area contributed by atoms with Gasteiger partial charge in [-0.2, -0.15) is 91.0 Å². The number of furan rings is 2. The molecule has 23 aromatic rings. The van der Waals surface area contributed by atoms with Crippen molar-refractivity contribution < 1.29 is 76.8 Å². The molecule has 572 valence electrons. The summed E-state index contributed by atoms with van der Waals surface area (Å²) >= 11 is 0. The molecule has 0 saturated carbocycles. The molecule has 0 bridgehead atoms. The first-order valence-corrected chi connectivity index (χ1v) is 41.2. The van der Waals surface area contributed by atoms with Gasteiger partial charge in [0, 0.05) is 84.7 Å². The van der Waals surface area contributed by atoms with Crippen LogP contribution in [0.2, 0.25) is 0 Å². The van der Waals surface area contributed by atoms with Gasteiger partial charge in [0.15, 0.2) is 23.1 Å². The first-order valence-electron chi connectivity index (χ1n) is 39.3. The zero-order valence-corrected chi connectivity index (χ0v) is 76.1. The molecule has 0 aliphatic carbocycles. The van der Waals surface area contributed by atoms with Crippen LogP contribution in [-0.4, -0.2) is 48.9 Å². The number of rotatable bonds is 14. The van der Waals surface area contributed by atoms with Gasteiger partial charge in [-0.1, -0.05) is 184 Å². The van der Waals surface area contributed by atoms with Crippen molar-refractivity contribution in [2.24, 2.45) is 7.05 Å². The second-order valence-corrected chi connectivity index (χ2v) is 31.5. The van der Waals surface area contributed by atoms with Gasteiger partial charge < -0.3 is 31.8 Å². The Morgan fingerprint density at radius 1 is 0.451 bits per heavy atom.